The summed E-state index contributed by atoms with van der Waals surface area (Å²) in [7, 11) is -1.20. The lowest BCUT2D eigenvalue weighted by Crippen LogP contribution is -2.27. The maximum atomic E-state index is 12.6. The molecule has 0 bridgehead atoms. The quantitative estimate of drug-likeness (QED) is 0.780. The van der Waals surface area contributed by atoms with E-state index in [1.807, 2.05) is 25.1 Å². The van der Waals surface area contributed by atoms with Gasteiger partial charge in [0.2, 0.25) is 0 Å². The number of hydrogen-bond donors (Lipinski definition) is 1. The molecular weight excluding hydrogens is 318 g/mol. The fourth-order valence-electron chi connectivity index (χ4n) is 2.74. The molecule has 0 heterocycles. The standard InChI is InChI=1S/C20H19NO2S/c1-14(16-12-11-15-7-3-4-8-17(15)13-16)21-20(22)18-9-5-6-10-19(18)24(2)23/h3-14H,1-2H3,(H,21,22). The van der Waals surface area contributed by atoms with E-state index in [0.717, 1.165) is 10.9 Å². The van der Waals surface area contributed by atoms with Gasteiger partial charge in [-0.25, -0.2) is 0 Å². The normalized spacial score (nSPS) is 13.4. The molecule has 4 heteroatoms. The lowest BCUT2D eigenvalue weighted by Gasteiger charge is -2.16. The van der Waals surface area contributed by atoms with Gasteiger partial charge >= 0.3 is 0 Å². The Balaban J connectivity index is 1.84. The van der Waals surface area contributed by atoms with Gasteiger partial charge < -0.3 is 5.32 Å². The van der Waals surface area contributed by atoms with E-state index in [1.165, 1.54) is 5.39 Å². The average molecular weight is 337 g/mol. The summed E-state index contributed by atoms with van der Waals surface area (Å²) in [5, 5.41) is 5.32. The van der Waals surface area contributed by atoms with Gasteiger partial charge in [-0.2, -0.15) is 0 Å². The highest BCUT2D eigenvalue weighted by molar-refractivity contribution is 7.84. The highest BCUT2D eigenvalue weighted by atomic mass is 32.2. The maximum Gasteiger partial charge on any atom is 0.252 e. The first-order valence-electron chi connectivity index (χ1n) is 7.78. The van der Waals surface area contributed by atoms with E-state index in [4.69, 9.17) is 0 Å². The molecule has 0 saturated heterocycles. The molecular formula is C20H19NO2S. The number of amides is 1. The van der Waals surface area contributed by atoms with E-state index < -0.39 is 10.8 Å². The van der Waals surface area contributed by atoms with Gasteiger partial charge in [-0.3, -0.25) is 9.00 Å². The van der Waals surface area contributed by atoms with Crippen molar-refractivity contribution in [2.75, 3.05) is 6.26 Å². The largest absolute Gasteiger partial charge is 0.345 e. The van der Waals surface area contributed by atoms with Crippen LogP contribution in [0.4, 0.5) is 0 Å². The van der Waals surface area contributed by atoms with Crippen molar-refractivity contribution in [3.05, 3.63) is 77.9 Å². The van der Waals surface area contributed by atoms with Crippen molar-refractivity contribution >= 4 is 27.5 Å². The second-order valence-electron chi connectivity index (χ2n) is 5.75. The minimum absolute atomic E-state index is 0.138. The van der Waals surface area contributed by atoms with Crippen molar-refractivity contribution < 1.29 is 9.00 Å². The van der Waals surface area contributed by atoms with Crippen LogP contribution in [0.5, 0.6) is 0 Å². The first-order valence-corrected chi connectivity index (χ1v) is 9.34. The van der Waals surface area contributed by atoms with Crippen LogP contribution in [-0.2, 0) is 10.8 Å². The predicted octanol–water partition coefficient (Wildman–Crippen LogP) is 4.07. The van der Waals surface area contributed by atoms with Crippen LogP contribution in [0.25, 0.3) is 10.8 Å². The zero-order valence-electron chi connectivity index (χ0n) is 13.7. The molecule has 2 unspecified atom stereocenters. The van der Waals surface area contributed by atoms with E-state index >= 15 is 0 Å². The summed E-state index contributed by atoms with van der Waals surface area (Å²) in [6.07, 6.45) is 1.58. The molecule has 3 aromatic rings. The van der Waals surface area contributed by atoms with E-state index in [1.54, 1.807) is 30.5 Å². The third-order valence-electron chi connectivity index (χ3n) is 4.06. The Morgan fingerprint density at radius 3 is 2.38 bits per heavy atom. The maximum absolute atomic E-state index is 12.6. The Morgan fingerprint density at radius 2 is 1.62 bits per heavy atom. The Hall–Kier alpha value is -2.46. The summed E-state index contributed by atoms with van der Waals surface area (Å²) in [4.78, 5) is 13.1. The lowest BCUT2D eigenvalue weighted by molar-refractivity contribution is 0.0937. The zero-order valence-corrected chi connectivity index (χ0v) is 14.5. The molecule has 0 aliphatic carbocycles. The van der Waals surface area contributed by atoms with Crippen molar-refractivity contribution in [3.63, 3.8) is 0 Å². The second kappa shape index (κ2) is 6.97. The minimum Gasteiger partial charge on any atom is -0.345 e. The summed E-state index contributed by atoms with van der Waals surface area (Å²) in [5.41, 5.74) is 1.50. The molecule has 0 aliphatic rings. The molecule has 0 saturated carbocycles. The molecule has 24 heavy (non-hydrogen) atoms. The van der Waals surface area contributed by atoms with Crippen LogP contribution in [0.3, 0.4) is 0 Å². The Kier molecular flexibility index (Phi) is 4.76. The fraction of sp³-hybridized carbons (Fsp3) is 0.150. The van der Waals surface area contributed by atoms with Gasteiger partial charge in [0.05, 0.1) is 27.3 Å². The van der Waals surface area contributed by atoms with Crippen LogP contribution in [0.15, 0.2) is 71.6 Å². The zero-order chi connectivity index (χ0) is 17.1. The molecule has 0 fully saturated rings. The molecule has 1 N–H and O–H groups in total. The number of carbonyl (C=O) groups excluding carboxylic acids is 1. The Morgan fingerprint density at radius 1 is 0.958 bits per heavy atom. The monoisotopic (exact) mass is 337 g/mol. The van der Waals surface area contributed by atoms with Crippen molar-refractivity contribution in [3.8, 4) is 0 Å². The lowest BCUT2D eigenvalue weighted by atomic mass is 10.0. The minimum atomic E-state index is -1.20. The molecule has 2 atom stereocenters. The third-order valence-corrected chi connectivity index (χ3v) is 5.04. The third kappa shape index (κ3) is 3.39. The van der Waals surface area contributed by atoms with Crippen LogP contribution in [0.2, 0.25) is 0 Å². The van der Waals surface area contributed by atoms with Gasteiger partial charge in [-0.15, -0.1) is 0 Å². The van der Waals surface area contributed by atoms with Crippen LogP contribution in [0.1, 0.15) is 28.9 Å². The molecule has 0 aromatic heterocycles. The summed E-state index contributed by atoms with van der Waals surface area (Å²) in [6.45, 7) is 1.95. The van der Waals surface area contributed by atoms with Crippen molar-refractivity contribution in [2.45, 2.75) is 17.9 Å². The smallest absolute Gasteiger partial charge is 0.252 e. The van der Waals surface area contributed by atoms with E-state index in [0.29, 0.717) is 10.5 Å². The topological polar surface area (TPSA) is 46.2 Å². The number of rotatable bonds is 4. The number of nitrogens with one attached hydrogen (secondary N) is 1. The highest BCUT2D eigenvalue weighted by Gasteiger charge is 2.16. The summed E-state index contributed by atoms with van der Waals surface area (Å²) in [6, 6.07) is 21.2. The number of fused-ring (bicyclic) bond motifs is 1. The highest BCUT2D eigenvalue weighted by Crippen LogP contribution is 2.21. The molecule has 1 amide bonds. The summed E-state index contributed by atoms with van der Waals surface area (Å²) >= 11 is 0. The number of carbonyl (C=O) groups is 1. The predicted molar refractivity (Wildman–Crippen MR) is 98.6 cm³/mol. The van der Waals surface area contributed by atoms with Crippen molar-refractivity contribution in [1.82, 2.24) is 5.32 Å². The van der Waals surface area contributed by atoms with Crippen molar-refractivity contribution in [2.24, 2.45) is 0 Å². The molecule has 0 aliphatic heterocycles. The average Bonchev–Trinajstić information content (AvgIpc) is 2.61. The molecule has 0 spiro atoms. The molecule has 0 radical (unpaired) electrons. The molecule has 3 aromatic carbocycles. The Bertz CT molecular complexity index is 920. The van der Waals surface area contributed by atoms with Crippen LogP contribution in [-0.4, -0.2) is 16.4 Å². The first kappa shape index (κ1) is 16.4. The van der Waals surface area contributed by atoms with Gasteiger partial charge in [-0.1, -0.05) is 48.5 Å². The SMILES string of the molecule is CC(NC(=O)c1ccccc1S(C)=O)c1ccc2ccccc2c1. The second-order valence-corrected chi connectivity index (χ2v) is 7.10. The van der Waals surface area contributed by atoms with Crippen molar-refractivity contribution in [1.29, 1.82) is 0 Å². The number of benzene rings is 3. The van der Waals surface area contributed by atoms with Gasteiger partial charge in [-0.05, 0) is 41.5 Å². The van der Waals surface area contributed by atoms with Gasteiger partial charge in [0.15, 0.2) is 0 Å². The fourth-order valence-corrected chi connectivity index (χ4v) is 3.48. The Labute approximate surface area is 144 Å². The van der Waals surface area contributed by atoms with E-state index in [9.17, 15) is 9.00 Å². The first-order chi connectivity index (χ1) is 11.6. The van der Waals surface area contributed by atoms with Crippen LogP contribution in [0, 0.1) is 0 Å². The van der Waals surface area contributed by atoms with E-state index in [-0.39, 0.29) is 11.9 Å². The molecule has 3 nitrogen and oxygen atoms in total. The number of hydrogen-bond acceptors (Lipinski definition) is 2. The molecule has 122 valence electrons. The van der Waals surface area contributed by atoms with E-state index in [2.05, 4.69) is 29.6 Å². The summed E-state index contributed by atoms with van der Waals surface area (Å²) in [5.74, 6) is -0.207. The van der Waals surface area contributed by atoms with Gasteiger partial charge in [0.25, 0.3) is 5.91 Å². The molecule has 3 rings (SSSR count). The van der Waals surface area contributed by atoms with Crippen LogP contribution < -0.4 is 5.32 Å². The van der Waals surface area contributed by atoms with Gasteiger partial charge in [0.1, 0.15) is 0 Å². The van der Waals surface area contributed by atoms with Gasteiger partial charge in [0, 0.05) is 6.26 Å². The van der Waals surface area contributed by atoms with Crippen LogP contribution >= 0.6 is 0 Å². The summed E-state index contributed by atoms with van der Waals surface area (Å²) < 4.78 is 11.8.